The van der Waals surface area contributed by atoms with Crippen molar-refractivity contribution in [3.05, 3.63) is 62.1 Å². The first-order valence-corrected chi connectivity index (χ1v) is 10.0. The SMILES string of the molecule is COc1cc(/C=C2\C(=O)NC(=S)N(C)C2=O)cc(Cl)c1OCc1ccc(Cl)cc1Cl. The topological polar surface area (TPSA) is 67.9 Å². The van der Waals surface area contributed by atoms with Crippen LogP contribution in [0.1, 0.15) is 11.1 Å². The van der Waals surface area contributed by atoms with Gasteiger partial charge in [-0.15, -0.1) is 0 Å². The summed E-state index contributed by atoms with van der Waals surface area (Å²) in [6, 6.07) is 8.23. The van der Waals surface area contributed by atoms with Crippen molar-refractivity contribution in [3.63, 3.8) is 0 Å². The predicted molar refractivity (Wildman–Crippen MR) is 120 cm³/mol. The van der Waals surface area contributed by atoms with Crippen molar-refractivity contribution in [1.29, 1.82) is 0 Å². The van der Waals surface area contributed by atoms with Crippen LogP contribution in [0.15, 0.2) is 35.9 Å². The van der Waals surface area contributed by atoms with Gasteiger partial charge in [0.25, 0.3) is 11.8 Å². The average molecular weight is 486 g/mol. The average Bonchev–Trinajstić information content (AvgIpc) is 2.69. The Morgan fingerprint density at radius 3 is 2.53 bits per heavy atom. The van der Waals surface area contributed by atoms with E-state index in [2.05, 4.69) is 5.32 Å². The van der Waals surface area contributed by atoms with Crippen molar-refractivity contribution in [2.24, 2.45) is 0 Å². The van der Waals surface area contributed by atoms with Gasteiger partial charge in [0.1, 0.15) is 12.2 Å². The van der Waals surface area contributed by atoms with Crippen molar-refractivity contribution in [2.75, 3.05) is 14.2 Å². The van der Waals surface area contributed by atoms with E-state index in [0.29, 0.717) is 32.7 Å². The highest BCUT2D eigenvalue weighted by Gasteiger charge is 2.30. The largest absolute Gasteiger partial charge is 0.493 e. The van der Waals surface area contributed by atoms with E-state index >= 15 is 0 Å². The van der Waals surface area contributed by atoms with Crippen LogP contribution in [0, 0.1) is 0 Å². The van der Waals surface area contributed by atoms with Crippen molar-refractivity contribution >= 4 is 70.0 Å². The summed E-state index contributed by atoms with van der Waals surface area (Å²) < 4.78 is 11.2. The molecule has 0 aliphatic carbocycles. The first-order valence-electron chi connectivity index (χ1n) is 8.50. The fourth-order valence-corrected chi connectivity index (χ4v) is 3.58. The Balaban J connectivity index is 1.89. The van der Waals surface area contributed by atoms with Crippen LogP contribution in [-0.4, -0.2) is 36.0 Å². The van der Waals surface area contributed by atoms with Gasteiger partial charge < -0.3 is 9.47 Å². The number of carbonyl (C=O) groups is 2. The normalized spacial score (nSPS) is 15.4. The fourth-order valence-electron chi connectivity index (χ4n) is 2.66. The molecule has 0 saturated carbocycles. The molecule has 0 spiro atoms. The van der Waals surface area contributed by atoms with Crippen molar-refractivity contribution < 1.29 is 19.1 Å². The van der Waals surface area contributed by atoms with E-state index in [1.807, 2.05) is 0 Å². The van der Waals surface area contributed by atoms with Gasteiger partial charge in [0.2, 0.25) is 0 Å². The Hall–Kier alpha value is -2.32. The lowest BCUT2D eigenvalue weighted by molar-refractivity contribution is -0.128. The minimum atomic E-state index is -0.587. The Labute approximate surface area is 193 Å². The predicted octanol–water partition coefficient (Wildman–Crippen LogP) is 4.49. The van der Waals surface area contributed by atoms with E-state index in [1.54, 1.807) is 30.3 Å². The molecule has 156 valence electrons. The molecule has 1 saturated heterocycles. The van der Waals surface area contributed by atoms with Crippen LogP contribution in [0.2, 0.25) is 15.1 Å². The third kappa shape index (κ3) is 4.70. The first-order chi connectivity index (χ1) is 14.2. The number of ether oxygens (including phenoxy) is 2. The van der Waals surface area contributed by atoms with E-state index in [0.717, 1.165) is 0 Å². The number of nitrogens with one attached hydrogen (secondary N) is 1. The van der Waals surface area contributed by atoms with Gasteiger partial charge in [-0.1, -0.05) is 40.9 Å². The number of hydrogen-bond donors (Lipinski definition) is 1. The van der Waals surface area contributed by atoms with Gasteiger partial charge in [0, 0.05) is 22.7 Å². The van der Waals surface area contributed by atoms with Gasteiger partial charge >= 0.3 is 0 Å². The standard InChI is InChI=1S/C20H15Cl3N2O4S/c1-25-19(27)13(18(26)24-20(25)30)5-10-6-15(23)17(16(7-10)28-2)29-9-11-3-4-12(21)8-14(11)22/h3-8H,9H2,1-2H3,(H,24,26,30)/b13-5+. The maximum absolute atomic E-state index is 12.4. The molecule has 2 amide bonds. The van der Waals surface area contributed by atoms with Crippen molar-refractivity contribution in [2.45, 2.75) is 6.61 Å². The summed E-state index contributed by atoms with van der Waals surface area (Å²) in [5, 5.41) is 3.71. The molecule has 0 aromatic heterocycles. The number of halogens is 3. The quantitative estimate of drug-likeness (QED) is 0.384. The van der Waals surface area contributed by atoms with Gasteiger partial charge in [0.15, 0.2) is 16.6 Å². The van der Waals surface area contributed by atoms with Crippen molar-refractivity contribution in [1.82, 2.24) is 10.2 Å². The van der Waals surface area contributed by atoms with E-state index in [-0.39, 0.29) is 22.3 Å². The number of benzene rings is 2. The van der Waals surface area contributed by atoms with Gasteiger partial charge in [-0.2, -0.15) is 0 Å². The first kappa shape index (κ1) is 22.4. The van der Waals surface area contributed by atoms with Gasteiger partial charge in [-0.25, -0.2) is 0 Å². The Morgan fingerprint density at radius 1 is 1.13 bits per heavy atom. The molecule has 0 atom stereocenters. The summed E-state index contributed by atoms with van der Waals surface area (Å²) in [7, 11) is 2.93. The molecule has 1 aliphatic rings. The summed E-state index contributed by atoms with van der Waals surface area (Å²) in [6.07, 6.45) is 1.41. The minimum absolute atomic E-state index is 0.0439. The molecule has 0 bridgehead atoms. The highest BCUT2D eigenvalue weighted by molar-refractivity contribution is 7.80. The zero-order chi connectivity index (χ0) is 22.0. The third-order valence-corrected chi connectivity index (χ3v) is 5.50. The number of methoxy groups -OCH3 is 1. The molecule has 1 N–H and O–H groups in total. The molecule has 2 aromatic carbocycles. The van der Waals surface area contributed by atoms with Gasteiger partial charge in [-0.3, -0.25) is 19.8 Å². The Kier molecular flexibility index (Phi) is 6.88. The minimum Gasteiger partial charge on any atom is -0.493 e. The second-order valence-electron chi connectivity index (χ2n) is 6.24. The monoisotopic (exact) mass is 484 g/mol. The van der Waals surface area contributed by atoms with Crippen LogP contribution in [0.25, 0.3) is 6.08 Å². The van der Waals surface area contributed by atoms with Crippen LogP contribution < -0.4 is 14.8 Å². The maximum Gasteiger partial charge on any atom is 0.265 e. The van der Waals surface area contributed by atoms with Gasteiger partial charge in [-0.05, 0) is 48.1 Å². The summed E-state index contributed by atoms with van der Waals surface area (Å²) >= 11 is 23.4. The zero-order valence-electron chi connectivity index (χ0n) is 15.8. The highest BCUT2D eigenvalue weighted by atomic mass is 35.5. The second-order valence-corrected chi connectivity index (χ2v) is 7.88. The number of carbonyl (C=O) groups excluding carboxylic acids is 2. The number of thiocarbonyl (C=S) groups is 1. The Bertz CT molecular complexity index is 1090. The summed E-state index contributed by atoms with van der Waals surface area (Å²) in [6.45, 7) is 0.135. The molecule has 0 unspecified atom stereocenters. The lowest BCUT2D eigenvalue weighted by Crippen LogP contribution is -2.52. The van der Waals surface area contributed by atoms with Crippen LogP contribution in [0.4, 0.5) is 0 Å². The molecule has 2 aromatic rings. The van der Waals surface area contributed by atoms with E-state index in [9.17, 15) is 9.59 Å². The Morgan fingerprint density at radius 2 is 1.87 bits per heavy atom. The van der Waals surface area contributed by atoms with Crippen LogP contribution in [0.3, 0.4) is 0 Å². The molecule has 1 fully saturated rings. The number of nitrogens with zero attached hydrogens (tertiary/aromatic N) is 1. The summed E-state index contributed by atoms with van der Waals surface area (Å²) in [5.41, 5.74) is 1.12. The number of likely N-dealkylation sites (N-methyl/N-ethyl adjacent to an activating group) is 1. The van der Waals surface area contributed by atoms with E-state index < -0.39 is 11.8 Å². The molecule has 1 aliphatic heterocycles. The van der Waals surface area contributed by atoms with Crippen LogP contribution in [-0.2, 0) is 16.2 Å². The summed E-state index contributed by atoms with van der Waals surface area (Å²) in [4.78, 5) is 25.7. The molecular formula is C20H15Cl3N2O4S. The third-order valence-electron chi connectivity index (χ3n) is 4.25. The lowest BCUT2D eigenvalue weighted by Gasteiger charge is -2.25. The molecule has 30 heavy (non-hydrogen) atoms. The number of rotatable bonds is 5. The zero-order valence-corrected chi connectivity index (χ0v) is 18.9. The van der Waals surface area contributed by atoms with E-state index in [1.165, 1.54) is 25.1 Å². The smallest absolute Gasteiger partial charge is 0.265 e. The number of amides is 2. The highest BCUT2D eigenvalue weighted by Crippen LogP contribution is 2.38. The molecule has 3 rings (SSSR count). The summed E-state index contributed by atoms with van der Waals surface area (Å²) in [5.74, 6) is -0.482. The molecular weight excluding hydrogens is 471 g/mol. The van der Waals surface area contributed by atoms with Gasteiger partial charge in [0.05, 0.1) is 12.1 Å². The lowest BCUT2D eigenvalue weighted by atomic mass is 10.1. The fraction of sp³-hybridized carbons (Fsp3) is 0.150. The van der Waals surface area contributed by atoms with Crippen LogP contribution in [0.5, 0.6) is 11.5 Å². The molecule has 1 heterocycles. The second kappa shape index (κ2) is 9.22. The van der Waals surface area contributed by atoms with Crippen LogP contribution >= 0.6 is 47.0 Å². The molecule has 0 radical (unpaired) electrons. The molecule has 6 nitrogen and oxygen atoms in total. The maximum atomic E-state index is 12.4. The van der Waals surface area contributed by atoms with Crippen molar-refractivity contribution in [3.8, 4) is 11.5 Å². The number of hydrogen-bond acceptors (Lipinski definition) is 5. The molecule has 10 heteroatoms. The van der Waals surface area contributed by atoms with E-state index in [4.69, 9.17) is 56.5 Å².